The Hall–Kier alpha value is -3.55. The maximum absolute atomic E-state index is 13.8. The highest BCUT2D eigenvalue weighted by Gasteiger charge is 2.19. The molecule has 8 heteroatoms. The number of nitrogens with zero attached hydrogens (tertiary/aromatic N) is 2. The summed E-state index contributed by atoms with van der Waals surface area (Å²) in [5, 5.41) is 19.1. The molecule has 0 bridgehead atoms. The number of hydrogen-bond acceptors (Lipinski definition) is 5. The number of carboxylic acids is 1. The molecule has 0 spiro atoms. The van der Waals surface area contributed by atoms with Gasteiger partial charge in [-0.2, -0.15) is 10.3 Å². The Morgan fingerprint density at radius 2 is 1.73 bits per heavy atom. The molecular weight excluding hydrogens is 341 g/mol. The molecule has 0 saturated carbocycles. The first kappa shape index (κ1) is 17.3. The minimum atomic E-state index is -1.32. The molecular formula is C18H14FN3O4. The fourth-order valence-electron chi connectivity index (χ4n) is 2.46. The third-order valence-corrected chi connectivity index (χ3v) is 3.71. The molecule has 0 fully saturated rings. The maximum atomic E-state index is 13.8. The van der Waals surface area contributed by atoms with Gasteiger partial charge in [0.15, 0.2) is 5.69 Å². The standard InChI is InChI=1S/C18H14FN3O4/c1-2-26-18(25)16-15(20-22-21-16)11-5-3-10(4-6-11)12-7-8-13(17(23)24)14(19)9-12/h3-9H,2H2,1H3,(H,23,24)(H,20,21,22). The Balaban J connectivity index is 1.90. The maximum Gasteiger partial charge on any atom is 0.361 e. The van der Waals surface area contributed by atoms with Crippen molar-refractivity contribution in [3.63, 3.8) is 0 Å². The summed E-state index contributed by atoms with van der Waals surface area (Å²) < 4.78 is 18.8. The van der Waals surface area contributed by atoms with Crippen molar-refractivity contribution >= 4 is 11.9 Å². The molecule has 132 valence electrons. The number of H-pyrrole nitrogens is 1. The number of aromatic carboxylic acids is 1. The van der Waals surface area contributed by atoms with E-state index in [1.165, 1.54) is 18.2 Å². The van der Waals surface area contributed by atoms with E-state index in [1.54, 1.807) is 31.2 Å². The number of ether oxygens (including phenoxy) is 1. The molecule has 0 amide bonds. The van der Waals surface area contributed by atoms with E-state index in [4.69, 9.17) is 9.84 Å². The third-order valence-electron chi connectivity index (χ3n) is 3.71. The number of aromatic amines is 1. The topological polar surface area (TPSA) is 105 Å². The number of benzene rings is 2. The molecule has 0 radical (unpaired) electrons. The molecule has 3 aromatic rings. The number of halogens is 1. The summed E-state index contributed by atoms with van der Waals surface area (Å²) in [6.45, 7) is 1.92. The van der Waals surface area contributed by atoms with Crippen LogP contribution in [-0.4, -0.2) is 39.1 Å². The second-order valence-corrected chi connectivity index (χ2v) is 5.32. The molecule has 3 rings (SSSR count). The van der Waals surface area contributed by atoms with Gasteiger partial charge in [0.05, 0.1) is 12.2 Å². The van der Waals surface area contributed by atoms with E-state index in [-0.39, 0.29) is 17.9 Å². The molecule has 0 aliphatic rings. The molecule has 0 aliphatic carbocycles. The van der Waals surface area contributed by atoms with Crippen LogP contribution in [0.4, 0.5) is 4.39 Å². The number of rotatable bonds is 5. The van der Waals surface area contributed by atoms with Crippen LogP contribution in [0.15, 0.2) is 42.5 Å². The largest absolute Gasteiger partial charge is 0.478 e. The summed E-state index contributed by atoms with van der Waals surface area (Å²) in [4.78, 5) is 22.8. The summed E-state index contributed by atoms with van der Waals surface area (Å²) in [7, 11) is 0. The van der Waals surface area contributed by atoms with Gasteiger partial charge in [-0.15, -0.1) is 5.10 Å². The predicted octanol–water partition coefficient (Wildman–Crippen LogP) is 3.15. The Labute approximate surface area is 147 Å². The number of carbonyl (C=O) groups excluding carboxylic acids is 1. The molecule has 2 aromatic carbocycles. The Morgan fingerprint density at radius 3 is 2.35 bits per heavy atom. The average Bonchev–Trinajstić information content (AvgIpc) is 3.11. The van der Waals surface area contributed by atoms with E-state index < -0.39 is 17.8 Å². The summed E-state index contributed by atoms with van der Waals surface area (Å²) >= 11 is 0. The minimum Gasteiger partial charge on any atom is -0.478 e. The van der Waals surface area contributed by atoms with Gasteiger partial charge in [0, 0.05) is 5.56 Å². The predicted molar refractivity (Wildman–Crippen MR) is 90.1 cm³/mol. The quantitative estimate of drug-likeness (QED) is 0.681. The lowest BCUT2D eigenvalue weighted by molar-refractivity contribution is 0.0519. The van der Waals surface area contributed by atoms with Gasteiger partial charge in [0.1, 0.15) is 11.5 Å². The summed E-state index contributed by atoms with van der Waals surface area (Å²) in [6.07, 6.45) is 0. The van der Waals surface area contributed by atoms with Gasteiger partial charge >= 0.3 is 11.9 Å². The van der Waals surface area contributed by atoms with Crippen LogP contribution < -0.4 is 0 Å². The molecule has 0 atom stereocenters. The van der Waals surface area contributed by atoms with Crippen molar-refractivity contribution in [2.75, 3.05) is 6.61 Å². The first-order valence-corrected chi connectivity index (χ1v) is 7.72. The van der Waals surface area contributed by atoms with Gasteiger partial charge in [-0.1, -0.05) is 30.3 Å². The Kier molecular flexibility index (Phi) is 4.74. The van der Waals surface area contributed by atoms with Crippen LogP contribution in [-0.2, 0) is 4.74 Å². The highest BCUT2D eigenvalue weighted by atomic mass is 19.1. The van der Waals surface area contributed by atoms with Crippen LogP contribution in [0, 0.1) is 5.82 Å². The smallest absolute Gasteiger partial charge is 0.361 e. The van der Waals surface area contributed by atoms with E-state index in [0.29, 0.717) is 22.4 Å². The normalized spacial score (nSPS) is 10.5. The number of esters is 1. The number of carboxylic acid groups (broad SMARTS) is 1. The van der Waals surface area contributed by atoms with Crippen molar-refractivity contribution in [1.82, 2.24) is 15.4 Å². The first-order chi connectivity index (χ1) is 12.5. The van der Waals surface area contributed by atoms with Crippen LogP contribution >= 0.6 is 0 Å². The van der Waals surface area contributed by atoms with Gasteiger partial charge in [0.2, 0.25) is 0 Å². The van der Waals surface area contributed by atoms with Gasteiger partial charge in [-0.3, -0.25) is 0 Å². The van der Waals surface area contributed by atoms with Crippen LogP contribution in [0.25, 0.3) is 22.4 Å². The second kappa shape index (κ2) is 7.14. The molecule has 2 N–H and O–H groups in total. The molecule has 26 heavy (non-hydrogen) atoms. The zero-order valence-corrected chi connectivity index (χ0v) is 13.7. The highest BCUT2D eigenvalue weighted by Crippen LogP contribution is 2.26. The zero-order chi connectivity index (χ0) is 18.7. The molecule has 0 unspecified atom stereocenters. The lowest BCUT2D eigenvalue weighted by Gasteiger charge is -2.06. The van der Waals surface area contributed by atoms with E-state index in [9.17, 15) is 14.0 Å². The second-order valence-electron chi connectivity index (χ2n) is 5.32. The van der Waals surface area contributed by atoms with Gasteiger partial charge in [-0.05, 0) is 30.2 Å². The van der Waals surface area contributed by atoms with Gasteiger partial charge in [0.25, 0.3) is 0 Å². The molecule has 1 aromatic heterocycles. The van der Waals surface area contributed by atoms with Crippen LogP contribution in [0.2, 0.25) is 0 Å². The highest BCUT2D eigenvalue weighted by molar-refractivity contribution is 5.94. The van der Waals surface area contributed by atoms with Crippen LogP contribution in [0.1, 0.15) is 27.8 Å². The van der Waals surface area contributed by atoms with Crippen molar-refractivity contribution < 1.29 is 23.8 Å². The zero-order valence-electron chi connectivity index (χ0n) is 13.7. The van der Waals surface area contributed by atoms with Gasteiger partial charge < -0.3 is 9.84 Å². The SMILES string of the molecule is CCOC(=O)c1n[nH]nc1-c1ccc(-c2ccc(C(=O)O)c(F)c2)cc1. The lowest BCUT2D eigenvalue weighted by atomic mass is 10.0. The van der Waals surface area contributed by atoms with E-state index in [2.05, 4.69) is 15.4 Å². The summed E-state index contributed by atoms with van der Waals surface area (Å²) in [5.41, 5.74) is 1.90. The monoisotopic (exact) mass is 355 g/mol. The average molecular weight is 355 g/mol. The fourth-order valence-corrected chi connectivity index (χ4v) is 2.46. The Bertz CT molecular complexity index is 967. The van der Waals surface area contributed by atoms with Crippen LogP contribution in [0.5, 0.6) is 0 Å². The number of hydrogen-bond donors (Lipinski definition) is 2. The van der Waals surface area contributed by atoms with Crippen molar-refractivity contribution in [3.05, 3.63) is 59.5 Å². The van der Waals surface area contributed by atoms with Gasteiger partial charge in [-0.25, -0.2) is 14.0 Å². The van der Waals surface area contributed by atoms with Crippen LogP contribution in [0.3, 0.4) is 0 Å². The molecule has 7 nitrogen and oxygen atoms in total. The van der Waals surface area contributed by atoms with E-state index in [1.807, 2.05) is 0 Å². The number of nitrogens with one attached hydrogen (secondary N) is 1. The van der Waals surface area contributed by atoms with Crippen molar-refractivity contribution in [2.24, 2.45) is 0 Å². The van der Waals surface area contributed by atoms with E-state index in [0.717, 1.165) is 0 Å². The molecule has 1 heterocycles. The lowest BCUT2D eigenvalue weighted by Crippen LogP contribution is -2.06. The number of carbonyl (C=O) groups is 2. The van der Waals surface area contributed by atoms with Crippen molar-refractivity contribution in [1.29, 1.82) is 0 Å². The third kappa shape index (κ3) is 3.30. The first-order valence-electron chi connectivity index (χ1n) is 7.72. The van der Waals surface area contributed by atoms with Crippen molar-refractivity contribution in [2.45, 2.75) is 6.92 Å². The fraction of sp³-hybridized carbons (Fsp3) is 0.111. The summed E-state index contributed by atoms with van der Waals surface area (Å²) in [6, 6.07) is 10.8. The van der Waals surface area contributed by atoms with Crippen molar-refractivity contribution in [3.8, 4) is 22.4 Å². The molecule has 0 saturated heterocycles. The molecule has 0 aliphatic heterocycles. The Morgan fingerprint density at radius 1 is 1.08 bits per heavy atom. The number of aromatic nitrogens is 3. The van der Waals surface area contributed by atoms with E-state index >= 15 is 0 Å². The summed E-state index contributed by atoms with van der Waals surface area (Å²) in [5.74, 6) is -2.70. The minimum absolute atomic E-state index is 0.0801.